The van der Waals surface area contributed by atoms with Gasteiger partial charge in [-0.1, -0.05) is 48.5 Å². The minimum absolute atomic E-state index is 0.960. The summed E-state index contributed by atoms with van der Waals surface area (Å²) < 4.78 is 0. The van der Waals surface area contributed by atoms with Crippen LogP contribution in [0.5, 0.6) is 0 Å². The van der Waals surface area contributed by atoms with Gasteiger partial charge in [0, 0.05) is 48.3 Å². The molecule has 0 aliphatic carbocycles. The Balaban J connectivity index is 1.41. The summed E-state index contributed by atoms with van der Waals surface area (Å²) in [7, 11) is 0. The molecular weight excluding hydrogens is 490 g/mol. The van der Waals surface area contributed by atoms with E-state index in [-0.39, 0.29) is 0 Å². The molecule has 5 aromatic carbocycles. The van der Waals surface area contributed by atoms with E-state index in [1.165, 1.54) is 49.0 Å². The van der Waals surface area contributed by atoms with Crippen molar-refractivity contribution in [2.24, 2.45) is 0 Å². The lowest BCUT2D eigenvalue weighted by molar-refractivity contribution is 1.17. The maximum absolute atomic E-state index is 4.26. The Morgan fingerprint density at radius 3 is 1.32 bits per heavy atom. The van der Waals surface area contributed by atoms with Crippen LogP contribution in [0, 0.1) is 0 Å². The van der Waals surface area contributed by atoms with Crippen molar-refractivity contribution >= 4 is 32.3 Å². The molecule has 5 nitrogen and oxygen atoms in total. The summed E-state index contributed by atoms with van der Waals surface area (Å²) in [6, 6.07) is 28.7. The van der Waals surface area contributed by atoms with E-state index in [0.717, 1.165) is 27.8 Å². The monoisotopic (exact) mass is 511 g/mol. The van der Waals surface area contributed by atoms with Crippen LogP contribution in [0.2, 0.25) is 0 Å². The number of hydrogen-bond donors (Lipinski definition) is 0. The number of hydrogen-bond acceptors (Lipinski definition) is 5. The summed E-state index contributed by atoms with van der Waals surface area (Å²) in [6.07, 6.45) is 14.2. The van der Waals surface area contributed by atoms with Gasteiger partial charge in [0.2, 0.25) is 0 Å². The zero-order chi connectivity index (χ0) is 26.5. The third-order valence-corrected chi connectivity index (χ3v) is 7.69. The first-order valence-electron chi connectivity index (χ1n) is 13.1. The van der Waals surface area contributed by atoms with E-state index in [9.17, 15) is 0 Å². The molecule has 0 N–H and O–H groups in total. The molecule has 0 spiro atoms. The van der Waals surface area contributed by atoms with E-state index in [1.807, 2.05) is 37.2 Å². The Labute approximate surface area is 230 Å². The third-order valence-electron chi connectivity index (χ3n) is 7.69. The highest BCUT2D eigenvalue weighted by Crippen LogP contribution is 2.43. The first-order valence-corrected chi connectivity index (χ1v) is 13.1. The van der Waals surface area contributed by atoms with Crippen LogP contribution in [0.25, 0.3) is 76.8 Å². The second kappa shape index (κ2) is 9.03. The van der Waals surface area contributed by atoms with Gasteiger partial charge in [-0.3, -0.25) is 4.98 Å². The van der Waals surface area contributed by atoms with E-state index in [1.54, 1.807) is 12.7 Å². The van der Waals surface area contributed by atoms with Crippen molar-refractivity contribution in [1.29, 1.82) is 0 Å². The summed E-state index contributed by atoms with van der Waals surface area (Å²) in [5.41, 5.74) is 8.68. The van der Waals surface area contributed by atoms with Crippen LogP contribution in [0.3, 0.4) is 0 Å². The smallest absolute Gasteiger partial charge is 0.115 e. The maximum Gasteiger partial charge on any atom is 0.115 e. The molecule has 0 aliphatic rings. The SMILES string of the molecule is c1cc(-c2ccc3ccc4c(-c5cc(-c6cncnc6)cc(-c6cncnc6)c5)ccc5ccc2c3c54)ccn1. The fourth-order valence-electron chi connectivity index (χ4n) is 5.85. The van der Waals surface area contributed by atoms with Crippen LogP contribution >= 0.6 is 0 Å². The van der Waals surface area contributed by atoms with Gasteiger partial charge in [-0.15, -0.1) is 0 Å². The van der Waals surface area contributed by atoms with Gasteiger partial charge < -0.3 is 0 Å². The second-order valence-electron chi connectivity index (χ2n) is 9.94. The van der Waals surface area contributed by atoms with Gasteiger partial charge >= 0.3 is 0 Å². The quantitative estimate of drug-likeness (QED) is 0.223. The molecular formula is C35H21N5. The van der Waals surface area contributed by atoms with Gasteiger partial charge in [0.25, 0.3) is 0 Å². The zero-order valence-electron chi connectivity index (χ0n) is 21.4. The van der Waals surface area contributed by atoms with Crippen molar-refractivity contribution in [3.05, 3.63) is 129 Å². The Hall–Kier alpha value is -5.55. The molecule has 8 aromatic rings. The Morgan fingerprint density at radius 1 is 0.350 bits per heavy atom. The van der Waals surface area contributed by atoms with Crippen LogP contribution in [0.4, 0.5) is 0 Å². The van der Waals surface area contributed by atoms with Gasteiger partial charge in [0.1, 0.15) is 12.7 Å². The van der Waals surface area contributed by atoms with Crippen molar-refractivity contribution < 1.29 is 0 Å². The number of benzene rings is 5. The maximum atomic E-state index is 4.26. The van der Waals surface area contributed by atoms with E-state index in [2.05, 4.69) is 104 Å². The fourth-order valence-corrected chi connectivity index (χ4v) is 5.85. The summed E-state index contributed by atoms with van der Waals surface area (Å²) in [4.78, 5) is 21.3. The average Bonchev–Trinajstić information content (AvgIpc) is 3.04. The van der Waals surface area contributed by atoms with Crippen LogP contribution in [-0.4, -0.2) is 24.9 Å². The lowest BCUT2D eigenvalue weighted by Crippen LogP contribution is -1.91. The Bertz CT molecular complexity index is 2090. The third kappa shape index (κ3) is 3.60. The average molecular weight is 512 g/mol. The van der Waals surface area contributed by atoms with E-state index in [0.29, 0.717) is 0 Å². The van der Waals surface area contributed by atoms with Crippen molar-refractivity contribution in [2.75, 3.05) is 0 Å². The van der Waals surface area contributed by atoms with E-state index < -0.39 is 0 Å². The molecule has 0 saturated heterocycles. The molecule has 0 atom stereocenters. The van der Waals surface area contributed by atoms with Crippen molar-refractivity contribution in [2.45, 2.75) is 0 Å². The predicted octanol–water partition coefficient (Wildman–Crippen LogP) is 8.23. The van der Waals surface area contributed by atoms with Gasteiger partial charge in [-0.05, 0) is 96.0 Å². The minimum Gasteiger partial charge on any atom is -0.265 e. The largest absolute Gasteiger partial charge is 0.265 e. The van der Waals surface area contributed by atoms with Crippen molar-refractivity contribution in [1.82, 2.24) is 24.9 Å². The second-order valence-corrected chi connectivity index (χ2v) is 9.94. The molecule has 0 amide bonds. The Morgan fingerprint density at radius 2 is 0.800 bits per heavy atom. The van der Waals surface area contributed by atoms with Crippen molar-refractivity contribution in [3.8, 4) is 44.5 Å². The molecule has 0 fully saturated rings. The van der Waals surface area contributed by atoms with Gasteiger partial charge in [0.15, 0.2) is 0 Å². The molecule has 0 unspecified atom stereocenters. The van der Waals surface area contributed by atoms with Crippen LogP contribution in [0.15, 0.2) is 129 Å². The molecule has 5 heteroatoms. The first-order chi connectivity index (χ1) is 19.8. The molecule has 0 radical (unpaired) electrons. The fraction of sp³-hybridized carbons (Fsp3) is 0. The molecule has 8 rings (SSSR count). The lowest BCUT2D eigenvalue weighted by atomic mass is 9.86. The Kier molecular flexibility index (Phi) is 5.07. The molecule has 0 bridgehead atoms. The summed E-state index contributed by atoms with van der Waals surface area (Å²) in [5.74, 6) is 0. The first kappa shape index (κ1) is 22.4. The number of aromatic nitrogens is 5. The highest BCUT2D eigenvalue weighted by atomic mass is 14.8. The molecule has 3 heterocycles. The standard InChI is InChI=1S/C35H21N5/c1-5-30(22-9-11-36-12-10-22)32-7-3-24-2-6-31(33-8-4-23(1)34(32)35(24)33)27-14-25(28-16-37-20-38-17-28)13-26(15-27)29-18-39-21-40-19-29/h1-21H. The van der Waals surface area contributed by atoms with Gasteiger partial charge in [0.05, 0.1) is 0 Å². The number of rotatable bonds is 4. The molecule has 40 heavy (non-hydrogen) atoms. The van der Waals surface area contributed by atoms with Crippen LogP contribution in [-0.2, 0) is 0 Å². The normalized spacial score (nSPS) is 11.5. The highest BCUT2D eigenvalue weighted by molar-refractivity contribution is 6.27. The predicted molar refractivity (Wildman–Crippen MR) is 161 cm³/mol. The molecule has 0 saturated carbocycles. The lowest BCUT2D eigenvalue weighted by Gasteiger charge is -2.17. The molecule has 186 valence electrons. The van der Waals surface area contributed by atoms with E-state index in [4.69, 9.17) is 0 Å². The van der Waals surface area contributed by atoms with Crippen molar-refractivity contribution in [3.63, 3.8) is 0 Å². The number of nitrogens with zero attached hydrogens (tertiary/aromatic N) is 5. The summed E-state index contributed by atoms with van der Waals surface area (Å²) >= 11 is 0. The minimum atomic E-state index is 0.960. The van der Waals surface area contributed by atoms with E-state index >= 15 is 0 Å². The van der Waals surface area contributed by atoms with Crippen LogP contribution < -0.4 is 0 Å². The molecule has 0 aliphatic heterocycles. The summed E-state index contributed by atoms with van der Waals surface area (Å²) in [5, 5.41) is 7.50. The number of pyridine rings is 1. The molecule has 3 aromatic heterocycles. The van der Waals surface area contributed by atoms with Gasteiger partial charge in [-0.2, -0.15) is 0 Å². The topological polar surface area (TPSA) is 64.5 Å². The van der Waals surface area contributed by atoms with Gasteiger partial charge in [-0.25, -0.2) is 19.9 Å². The highest BCUT2D eigenvalue weighted by Gasteiger charge is 2.16. The zero-order valence-corrected chi connectivity index (χ0v) is 21.4. The summed E-state index contributed by atoms with van der Waals surface area (Å²) in [6.45, 7) is 0. The van der Waals surface area contributed by atoms with Crippen LogP contribution in [0.1, 0.15) is 0 Å².